The molecule has 4 atom stereocenters. The third-order valence-corrected chi connectivity index (χ3v) is 6.75. The standard InChI is InChI=1S/C19H24N2O4/c1-25-17(22)19-12-7-13-20(19)16(14-8-3-2-4-9-14)18(21(23)24)11-6-5-10-15(18)19/h2-4,8-9,15-16H,5-7,10-13H2,1H3/t15-,16-,18-,19+/m1/s1. The number of ether oxygens (including phenoxy) is 1. The maximum Gasteiger partial charge on any atom is 0.326 e. The SMILES string of the molecule is COC(=O)[C@@]12CCCN1[C@H](c1ccccc1)[C@@]1([N+](=O)[O-])CCCC[C@H]12. The monoisotopic (exact) mass is 344 g/mol. The van der Waals surface area contributed by atoms with Gasteiger partial charge in [-0.2, -0.15) is 0 Å². The van der Waals surface area contributed by atoms with Crippen LogP contribution in [-0.2, 0) is 9.53 Å². The van der Waals surface area contributed by atoms with Crippen LogP contribution >= 0.6 is 0 Å². The number of fused-ring (bicyclic) bond motifs is 3. The van der Waals surface area contributed by atoms with Crippen LogP contribution in [0, 0.1) is 16.0 Å². The van der Waals surface area contributed by atoms with Crippen molar-refractivity contribution in [3.63, 3.8) is 0 Å². The maximum absolute atomic E-state index is 12.9. The fourth-order valence-electron chi connectivity index (χ4n) is 5.99. The first-order chi connectivity index (χ1) is 12.1. The molecule has 3 aliphatic rings. The Morgan fingerprint density at radius 2 is 2.00 bits per heavy atom. The highest BCUT2D eigenvalue weighted by molar-refractivity contribution is 5.83. The number of esters is 1. The zero-order chi connectivity index (χ0) is 17.7. The van der Waals surface area contributed by atoms with Crippen molar-refractivity contribution in [2.24, 2.45) is 5.92 Å². The predicted octanol–water partition coefficient (Wildman–Crippen LogP) is 2.95. The molecule has 1 aromatic carbocycles. The molecular weight excluding hydrogens is 320 g/mol. The van der Waals surface area contributed by atoms with Crippen LogP contribution in [0.3, 0.4) is 0 Å². The molecular formula is C19H24N2O4. The van der Waals surface area contributed by atoms with Crippen molar-refractivity contribution < 1.29 is 14.5 Å². The topological polar surface area (TPSA) is 72.7 Å². The van der Waals surface area contributed by atoms with Crippen LogP contribution in [-0.4, -0.2) is 40.5 Å². The van der Waals surface area contributed by atoms with Crippen LogP contribution in [0.5, 0.6) is 0 Å². The Morgan fingerprint density at radius 3 is 2.68 bits per heavy atom. The summed E-state index contributed by atoms with van der Waals surface area (Å²) in [5.41, 5.74) is -1.00. The summed E-state index contributed by atoms with van der Waals surface area (Å²) in [6.45, 7) is 0.709. The molecule has 0 amide bonds. The molecule has 0 unspecified atom stereocenters. The molecule has 0 spiro atoms. The molecule has 6 heteroatoms. The summed E-state index contributed by atoms with van der Waals surface area (Å²) in [6.07, 6.45) is 4.56. The van der Waals surface area contributed by atoms with Gasteiger partial charge >= 0.3 is 5.97 Å². The Labute approximate surface area is 147 Å². The first-order valence-corrected chi connectivity index (χ1v) is 9.13. The number of rotatable bonds is 3. The van der Waals surface area contributed by atoms with Gasteiger partial charge in [0, 0.05) is 17.9 Å². The van der Waals surface area contributed by atoms with Gasteiger partial charge in [0.1, 0.15) is 11.6 Å². The minimum absolute atomic E-state index is 0.0719. The number of nitro groups is 1. The molecule has 1 aliphatic carbocycles. The van der Waals surface area contributed by atoms with E-state index in [4.69, 9.17) is 4.74 Å². The smallest absolute Gasteiger partial charge is 0.326 e. The Morgan fingerprint density at radius 1 is 1.24 bits per heavy atom. The molecule has 4 rings (SSSR count). The van der Waals surface area contributed by atoms with Crippen LogP contribution in [0.4, 0.5) is 0 Å². The van der Waals surface area contributed by atoms with Crippen LogP contribution in [0.15, 0.2) is 30.3 Å². The second-order valence-corrected chi connectivity index (χ2v) is 7.57. The molecule has 2 heterocycles. The molecule has 0 bridgehead atoms. The molecule has 134 valence electrons. The number of methoxy groups -OCH3 is 1. The highest BCUT2D eigenvalue weighted by Crippen LogP contribution is 2.63. The lowest BCUT2D eigenvalue weighted by atomic mass is 9.64. The highest BCUT2D eigenvalue weighted by Gasteiger charge is 2.77. The summed E-state index contributed by atoms with van der Waals surface area (Å²) in [6, 6.07) is 9.34. The number of nitrogens with zero attached hydrogens (tertiary/aromatic N) is 2. The van der Waals surface area contributed by atoms with E-state index in [0.717, 1.165) is 31.2 Å². The van der Waals surface area contributed by atoms with Crippen molar-refractivity contribution >= 4 is 5.97 Å². The van der Waals surface area contributed by atoms with Crippen LogP contribution in [0.2, 0.25) is 0 Å². The Kier molecular flexibility index (Phi) is 3.83. The van der Waals surface area contributed by atoms with E-state index in [9.17, 15) is 14.9 Å². The van der Waals surface area contributed by atoms with Gasteiger partial charge in [-0.15, -0.1) is 0 Å². The van der Waals surface area contributed by atoms with Gasteiger partial charge in [-0.25, -0.2) is 0 Å². The van der Waals surface area contributed by atoms with Gasteiger partial charge in [-0.1, -0.05) is 36.8 Å². The number of benzene rings is 1. The lowest BCUT2D eigenvalue weighted by molar-refractivity contribution is -0.587. The fourth-order valence-corrected chi connectivity index (χ4v) is 5.99. The highest BCUT2D eigenvalue weighted by atomic mass is 16.6. The maximum atomic E-state index is 12.9. The van der Waals surface area contributed by atoms with Crippen LogP contribution in [0.1, 0.15) is 50.1 Å². The lowest BCUT2D eigenvalue weighted by Gasteiger charge is -2.38. The first kappa shape index (κ1) is 16.5. The van der Waals surface area contributed by atoms with E-state index >= 15 is 0 Å². The number of hydrogen-bond acceptors (Lipinski definition) is 5. The van der Waals surface area contributed by atoms with Gasteiger partial charge in [0.2, 0.25) is 5.54 Å². The van der Waals surface area contributed by atoms with Crippen molar-refractivity contribution in [2.75, 3.05) is 13.7 Å². The average Bonchev–Trinajstić information content (AvgIpc) is 3.17. The Hall–Kier alpha value is -1.95. The van der Waals surface area contributed by atoms with Gasteiger partial charge in [-0.3, -0.25) is 19.8 Å². The van der Waals surface area contributed by atoms with Gasteiger partial charge in [0.25, 0.3) is 0 Å². The van der Waals surface area contributed by atoms with Gasteiger partial charge < -0.3 is 4.74 Å². The summed E-state index contributed by atoms with van der Waals surface area (Å²) < 4.78 is 5.19. The first-order valence-electron chi connectivity index (χ1n) is 9.13. The number of carbonyl (C=O) groups is 1. The quantitative estimate of drug-likeness (QED) is 0.479. The molecule has 1 aromatic rings. The minimum Gasteiger partial charge on any atom is -0.468 e. The van der Waals surface area contributed by atoms with Crippen molar-refractivity contribution in [3.8, 4) is 0 Å². The largest absolute Gasteiger partial charge is 0.468 e. The average molecular weight is 344 g/mol. The fraction of sp³-hybridized carbons (Fsp3) is 0.632. The normalized spacial score (nSPS) is 37.3. The van der Waals surface area contributed by atoms with Gasteiger partial charge in [-0.05, 0) is 31.2 Å². The van der Waals surface area contributed by atoms with E-state index in [1.165, 1.54) is 7.11 Å². The molecule has 25 heavy (non-hydrogen) atoms. The Balaban J connectivity index is 1.95. The third kappa shape index (κ3) is 1.97. The second kappa shape index (κ2) is 5.80. The minimum atomic E-state index is -1.10. The second-order valence-electron chi connectivity index (χ2n) is 7.57. The number of hydrogen-bond donors (Lipinski definition) is 0. The molecule has 0 radical (unpaired) electrons. The van der Waals surface area contributed by atoms with Crippen LogP contribution < -0.4 is 0 Å². The van der Waals surface area contributed by atoms with Gasteiger partial charge in [0.15, 0.2) is 0 Å². The summed E-state index contributed by atoms with van der Waals surface area (Å²) in [4.78, 5) is 27.4. The van der Waals surface area contributed by atoms with Crippen LogP contribution in [0.25, 0.3) is 0 Å². The molecule has 1 saturated carbocycles. The summed E-state index contributed by atoms with van der Waals surface area (Å²) in [7, 11) is 1.40. The molecule has 6 nitrogen and oxygen atoms in total. The zero-order valence-electron chi connectivity index (χ0n) is 14.5. The molecule has 2 saturated heterocycles. The van der Waals surface area contributed by atoms with E-state index in [1.807, 2.05) is 30.3 Å². The van der Waals surface area contributed by atoms with E-state index in [-0.39, 0.29) is 22.9 Å². The molecule has 0 aromatic heterocycles. The molecule has 0 N–H and O–H groups in total. The Bertz CT molecular complexity index is 694. The summed E-state index contributed by atoms with van der Waals surface area (Å²) in [5.74, 6) is -0.578. The van der Waals surface area contributed by atoms with Crippen molar-refractivity contribution in [2.45, 2.75) is 55.6 Å². The van der Waals surface area contributed by atoms with E-state index in [0.29, 0.717) is 19.4 Å². The predicted molar refractivity (Wildman–Crippen MR) is 91.6 cm³/mol. The lowest BCUT2D eigenvalue weighted by Crippen LogP contribution is -2.56. The van der Waals surface area contributed by atoms with E-state index < -0.39 is 11.1 Å². The van der Waals surface area contributed by atoms with Gasteiger partial charge in [0.05, 0.1) is 13.0 Å². The van der Waals surface area contributed by atoms with E-state index in [2.05, 4.69) is 4.90 Å². The molecule has 3 fully saturated rings. The summed E-state index contributed by atoms with van der Waals surface area (Å²) >= 11 is 0. The third-order valence-electron chi connectivity index (χ3n) is 6.75. The van der Waals surface area contributed by atoms with Crippen molar-refractivity contribution in [1.82, 2.24) is 4.90 Å². The van der Waals surface area contributed by atoms with Crippen molar-refractivity contribution in [1.29, 1.82) is 0 Å². The number of carbonyl (C=O) groups excluding carboxylic acids is 1. The zero-order valence-corrected chi connectivity index (χ0v) is 14.5. The van der Waals surface area contributed by atoms with E-state index in [1.54, 1.807) is 0 Å². The molecule has 2 aliphatic heterocycles. The summed E-state index contributed by atoms with van der Waals surface area (Å²) in [5, 5.41) is 12.5. The van der Waals surface area contributed by atoms with Crippen molar-refractivity contribution in [3.05, 3.63) is 46.0 Å².